The van der Waals surface area contributed by atoms with E-state index in [0.717, 1.165) is 18.4 Å². The molecule has 0 rings (SSSR count). The van der Waals surface area contributed by atoms with Crippen LogP contribution in [0, 0.1) is 0 Å². The highest BCUT2D eigenvalue weighted by atomic mass is 28.3. The molecule has 0 aromatic heterocycles. The quantitative estimate of drug-likeness (QED) is 0.322. The Balaban J connectivity index is 4.27. The molecule has 0 fully saturated rings. The molecule has 0 aliphatic heterocycles. The van der Waals surface area contributed by atoms with Crippen molar-refractivity contribution in [2.24, 2.45) is 0 Å². The van der Waals surface area contributed by atoms with Crippen molar-refractivity contribution < 1.29 is 0 Å². The standard InChI is InChI=1S/C16H31NSi/c1-8-13-17(5)18(6,7)14-16(4)12-10-11-15(3)9-2/h9,12H,2-3,8,10-11,13-14H2,1,4-7H3/b16-12+. The van der Waals surface area contributed by atoms with Gasteiger partial charge in [-0.05, 0) is 45.8 Å². The molecule has 1 nitrogen and oxygen atoms in total. The number of nitrogens with zero attached hydrogens (tertiary/aromatic N) is 1. The number of allylic oxidation sites excluding steroid dienone is 4. The fourth-order valence-electron chi connectivity index (χ4n) is 2.13. The molecule has 0 amide bonds. The smallest absolute Gasteiger partial charge is 0.125 e. The van der Waals surface area contributed by atoms with Crippen molar-refractivity contribution >= 4 is 8.24 Å². The Morgan fingerprint density at radius 3 is 2.44 bits per heavy atom. The van der Waals surface area contributed by atoms with Gasteiger partial charge in [-0.15, -0.1) is 0 Å². The van der Waals surface area contributed by atoms with Gasteiger partial charge in [0.2, 0.25) is 0 Å². The van der Waals surface area contributed by atoms with Gasteiger partial charge in [0, 0.05) is 0 Å². The third kappa shape index (κ3) is 6.97. The van der Waals surface area contributed by atoms with Crippen LogP contribution in [0.5, 0.6) is 0 Å². The van der Waals surface area contributed by atoms with Crippen molar-refractivity contribution in [3.63, 3.8) is 0 Å². The van der Waals surface area contributed by atoms with Crippen molar-refractivity contribution in [1.82, 2.24) is 4.57 Å². The highest BCUT2D eigenvalue weighted by Gasteiger charge is 2.25. The molecular formula is C16H31NSi. The SMILES string of the molecule is C=CC(=C)CC/C=C(\C)C[Si](C)(C)N(C)CCC. The molecule has 104 valence electrons. The van der Waals surface area contributed by atoms with Gasteiger partial charge in [0.1, 0.15) is 8.24 Å². The molecule has 0 radical (unpaired) electrons. The molecule has 0 heterocycles. The average Bonchev–Trinajstić information content (AvgIpc) is 2.28. The second-order valence-electron chi connectivity index (χ2n) is 5.86. The van der Waals surface area contributed by atoms with Crippen molar-refractivity contribution in [1.29, 1.82) is 0 Å². The van der Waals surface area contributed by atoms with E-state index in [0.29, 0.717) is 0 Å². The van der Waals surface area contributed by atoms with Gasteiger partial charge in [0.15, 0.2) is 0 Å². The van der Waals surface area contributed by atoms with Crippen LogP contribution in [-0.2, 0) is 0 Å². The molecule has 0 bridgehead atoms. The average molecular weight is 266 g/mol. The van der Waals surface area contributed by atoms with E-state index >= 15 is 0 Å². The summed E-state index contributed by atoms with van der Waals surface area (Å²) in [5, 5.41) is 0. The molecule has 0 saturated carbocycles. The van der Waals surface area contributed by atoms with E-state index in [1.807, 2.05) is 6.08 Å². The summed E-state index contributed by atoms with van der Waals surface area (Å²) in [6.45, 7) is 18.4. The van der Waals surface area contributed by atoms with Gasteiger partial charge in [0.25, 0.3) is 0 Å². The zero-order chi connectivity index (χ0) is 14.2. The van der Waals surface area contributed by atoms with Crippen molar-refractivity contribution in [3.05, 3.63) is 36.5 Å². The summed E-state index contributed by atoms with van der Waals surface area (Å²) in [6.07, 6.45) is 7.61. The van der Waals surface area contributed by atoms with E-state index in [4.69, 9.17) is 0 Å². The van der Waals surface area contributed by atoms with E-state index in [-0.39, 0.29) is 0 Å². The number of hydrogen-bond donors (Lipinski definition) is 0. The van der Waals surface area contributed by atoms with Crippen LogP contribution in [0.4, 0.5) is 0 Å². The van der Waals surface area contributed by atoms with Crippen molar-refractivity contribution in [2.75, 3.05) is 13.6 Å². The molecule has 2 heteroatoms. The van der Waals surface area contributed by atoms with Crippen LogP contribution in [0.25, 0.3) is 0 Å². The molecule has 0 spiro atoms. The topological polar surface area (TPSA) is 3.24 Å². The third-order valence-electron chi connectivity index (χ3n) is 3.55. The van der Waals surface area contributed by atoms with Crippen LogP contribution >= 0.6 is 0 Å². The van der Waals surface area contributed by atoms with E-state index in [1.165, 1.54) is 24.6 Å². The fraction of sp³-hybridized carbons (Fsp3) is 0.625. The first kappa shape index (κ1) is 17.4. The van der Waals surface area contributed by atoms with E-state index in [1.54, 1.807) is 0 Å². The van der Waals surface area contributed by atoms with Crippen LogP contribution in [0.15, 0.2) is 36.5 Å². The Hall–Kier alpha value is -0.603. The summed E-state index contributed by atoms with van der Waals surface area (Å²) < 4.78 is 2.59. The van der Waals surface area contributed by atoms with Crippen molar-refractivity contribution in [2.45, 2.75) is 52.2 Å². The highest BCUT2D eigenvalue weighted by Crippen LogP contribution is 2.20. The largest absolute Gasteiger partial charge is 0.326 e. The zero-order valence-corrected chi connectivity index (χ0v) is 14.1. The second kappa shape index (κ2) is 8.49. The Bertz CT molecular complexity index is 302. The first-order valence-electron chi connectivity index (χ1n) is 7.00. The Labute approximate surface area is 115 Å². The first-order chi connectivity index (χ1) is 8.33. The Morgan fingerprint density at radius 1 is 1.33 bits per heavy atom. The zero-order valence-electron chi connectivity index (χ0n) is 13.1. The van der Waals surface area contributed by atoms with Gasteiger partial charge in [-0.2, -0.15) is 0 Å². The summed E-state index contributed by atoms with van der Waals surface area (Å²) in [5.41, 5.74) is 2.67. The highest BCUT2D eigenvalue weighted by molar-refractivity contribution is 6.75. The minimum Gasteiger partial charge on any atom is -0.326 e. The molecule has 0 aliphatic rings. The minimum atomic E-state index is -1.25. The molecular weight excluding hydrogens is 234 g/mol. The molecule has 0 aliphatic carbocycles. The third-order valence-corrected chi connectivity index (χ3v) is 7.26. The van der Waals surface area contributed by atoms with Crippen LogP contribution in [0.1, 0.15) is 33.1 Å². The molecule has 0 aromatic rings. The van der Waals surface area contributed by atoms with Crippen molar-refractivity contribution in [3.8, 4) is 0 Å². The molecule has 0 atom stereocenters. The van der Waals surface area contributed by atoms with E-state index in [2.05, 4.69) is 57.8 Å². The van der Waals surface area contributed by atoms with Crippen LogP contribution in [-0.4, -0.2) is 26.4 Å². The molecule has 0 N–H and O–H groups in total. The minimum absolute atomic E-state index is 1.04. The van der Waals surface area contributed by atoms with Gasteiger partial charge >= 0.3 is 0 Å². The van der Waals surface area contributed by atoms with Gasteiger partial charge < -0.3 is 4.57 Å². The maximum Gasteiger partial charge on any atom is 0.125 e. The summed E-state index contributed by atoms with van der Waals surface area (Å²) in [4.78, 5) is 0. The predicted octanol–water partition coefficient (Wildman–Crippen LogP) is 5.00. The second-order valence-corrected chi connectivity index (χ2v) is 10.6. The lowest BCUT2D eigenvalue weighted by Gasteiger charge is -2.34. The maximum atomic E-state index is 3.95. The summed E-state index contributed by atoms with van der Waals surface area (Å²) >= 11 is 0. The lowest BCUT2D eigenvalue weighted by molar-refractivity contribution is 0.501. The monoisotopic (exact) mass is 265 g/mol. The molecule has 0 unspecified atom stereocenters. The number of hydrogen-bond acceptors (Lipinski definition) is 1. The molecule has 0 saturated heterocycles. The first-order valence-corrected chi connectivity index (χ1v) is 10.2. The van der Waals surface area contributed by atoms with Gasteiger partial charge in [-0.3, -0.25) is 0 Å². The molecule has 0 aromatic carbocycles. The van der Waals surface area contributed by atoms with Gasteiger partial charge in [-0.1, -0.05) is 56.5 Å². The Kier molecular flexibility index (Phi) is 8.21. The summed E-state index contributed by atoms with van der Waals surface area (Å²) in [7, 11) is 1.03. The molecule has 18 heavy (non-hydrogen) atoms. The van der Waals surface area contributed by atoms with E-state index < -0.39 is 8.24 Å². The van der Waals surface area contributed by atoms with Crippen LogP contribution in [0.2, 0.25) is 19.1 Å². The summed E-state index contributed by atoms with van der Waals surface area (Å²) in [6, 6.07) is 1.27. The van der Waals surface area contributed by atoms with Gasteiger partial charge in [-0.25, -0.2) is 0 Å². The van der Waals surface area contributed by atoms with E-state index in [9.17, 15) is 0 Å². The summed E-state index contributed by atoms with van der Waals surface area (Å²) in [5.74, 6) is 0. The lowest BCUT2D eigenvalue weighted by atomic mass is 10.1. The Morgan fingerprint density at radius 2 is 1.94 bits per heavy atom. The normalized spacial score (nSPS) is 12.9. The lowest BCUT2D eigenvalue weighted by Crippen LogP contribution is -2.46. The van der Waals surface area contributed by atoms with Gasteiger partial charge in [0.05, 0.1) is 0 Å². The number of rotatable bonds is 9. The van der Waals surface area contributed by atoms with Crippen LogP contribution in [0.3, 0.4) is 0 Å². The predicted molar refractivity (Wildman–Crippen MR) is 87.5 cm³/mol. The fourth-order valence-corrected chi connectivity index (χ4v) is 4.74. The van der Waals surface area contributed by atoms with Crippen LogP contribution < -0.4 is 0 Å². The maximum absolute atomic E-state index is 3.95.